The predicted octanol–water partition coefficient (Wildman–Crippen LogP) is 4.71. The van der Waals surface area contributed by atoms with Crippen LogP contribution in [0, 0.1) is 12.7 Å². The fourth-order valence-electron chi connectivity index (χ4n) is 2.16. The number of hydrogen-bond donors (Lipinski definition) is 1. The lowest BCUT2D eigenvalue weighted by atomic mass is 10.0. The van der Waals surface area contributed by atoms with Gasteiger partial charge in [0.15, 0.2) is 0 Å². The highest BCUT2D eigenvalue weighted by Crippen LogP contribution is 2.27. The molecule has 0 bridgehead atoms. The average molecular weight is 303 g/mol. The maximum atomic E-state index is 14.1. The summed E-state index contributed by atoms with van der Waals surface area (Å²) in [5.74, 6) is 0.645. The van der Waals surface area contributed by atoms with E-state index in [9.17, 15) is 4.39 Å². The van der Waals surface area contributed by atoms with Crippen LogP contribution in [-0.2, 0) is 12.2 Å². The smallest absolute Gasteiger partial charge is 0.137 e. The third-order valence-electron chi connectivity index (χ3n) is 3.66. The molecule has 2 aromatic rings. The van der Waals surface area contributed by atoms with Crippen LogP contribution in [0.25, 0.3) is 0 Å². The Labute approximate surface area is 130 Å². The van der Waals surface area contributed by atoms with Crippen LogP contribution < -0.4 is 5.73 Å². The Balaban J connectivity index is 2.03. The van der Waals surface area contributed by atoms with Crippen molar-refractivity contribution < 1.29 is 4.39 Å². The van der Waals surface area contributed by atoms with E-state index in [1.807, 2.05) is 31.2 Å². The largest absolute Gasteiger partial charge is 0.327 e. The second kappa shape index (κ2) is 7.62. The zero-order valence-corrected chi connectivity index (χ0v) is 13.4. The number of aryl methyl sites for hydroxylation is 1. The van der Waals surface area contributed by atoms with E-state index in [2.05, 4.69) is 19.1 Å². The number of halogens is 1. The molecule has 3 heteroatoms. The summed E-state index contributed by atoms with van der Waals surface area (Å²) < 4.78 is 14.1. The highest BCUT2D eigenvalue weighted by atomic mass is 32.2. The Bertz CT molecular complexity index is 598. The van der Waals surface area contributed by atoms with Gasteiger partial charge in [0, 0.05) is 16.7 Å². The van der Waals surface area contributed by atoms with E-state index in [1.165, 1.54) is 11.1 Å². The lowest BCUT2D eigenvalue weighted by Gasteiger charge is -2.10. The molecule has 21 heavy (non-hydrogen) atoms. The molecule has 0 saturated heterocycles. The molecule has 0 radical (unpaired) electrons. The molecule has 0 amide bonds. The standard InChI is InChI=1S/C18H22FNS/c1-3-16(20)10-14-8-9-18(17(19)11-14)21-12-15-7-5-4-6-13(15)2/h4-9,11,16H,3,10,12,20H2,1-2H3. The van der Waals surface area contributed by atoms with Gasteiger partial charge in [-0.2, -0.15) is 0 Å². The molecule has 0 saturated carbocycles. The maximum Gasteiger partial charge on any atom is 0.137 e. The fraction of sp³-hybridized carbons (Fsp3) is 0.333. The fourth-order valence-corrected chi connectivity index (χ4v) is 3.16. The van der Waals surface area contributed by atoms with E-state index in [0.717, 1.165) is 24.2 Å². The van der Waals surface area contributed by atoms with Gasteiger partial charge >= 0.3 is 0 Å². The molecule has 0 aliphatic carbocycles. The van der Waals surface area contributed by atoms with Gasteiger partial charge in [-0.3, -0.25) is 0 Å². The van der Waals surface area contributed by atoms with Gasteiger partial charge < -0.3 is 5.73 Å². The van der Waals surface area contributed by atoms with Crippen LogP contribution >= 0.6 is 11.8 Å². The molecule has 2 N–H and O–H groups in total. The third kappa shape index (κ3) is 4.58. The first-order valence-electron chi connectivity index (χ1n) is 7.31. The molecule has 0 heterocycles. The lowest BCUT2D eigenvalue weighted by Crippen LogP contribution is -2.21. The van der Waals surface area contributed by atoms with Crippen molar-refractivity contribution in [3.05, 3.63) is 65.0 Å². The summed E-state index contributed by atoms with van der Waals surface area (Å²) in [4.78, 5) is 0.701. The van der Waals surface area contributed by atoms with Gasteiger partial charge in [-0.15, -0.1) is 11.8 Å². The van der Waals surface area contributed by atoms with Crippen LogP contribution in [0.4, 0.5) is 4.39 Å². The molecular weight excluding hydrogens is 281 g/mol. The summed E-state index contributed by atoms with van der Waals surface area (Å²) >= 11 is 1.54. The number of rotatable bonds is 6. The second-order valence-corrected chi connectivity index (χ2v) is 6.37. The molecule has 1 unspecified atom stereocenters. The highest BCUT2D eigenvalue weighted by molar-refractivity contribution is 7.98. The summed E-state index contributed by atoms with van der Waals surface area (Å²) in [7, 11) is 0. The quantitative estimate of drug-likeness (QED) is 0.782. The minimum Gasteiger partial charge on any atom is -0.327 e. The van der Waals surface area contributed by atoms with Gasteiger partial charge in [-0.25, -0.2) is 4.39 Å². The highest BCUT2D eigenvalue weighted by Gasteiger charge is 2.08. The molecule has 0 fully saturated rings. The molecule has 1 atom stereocenters. The molecular formula is C18H22FNS. The van der Waals surface area contributed by atoms with Crippen molar-refractivity contribution in [3.63, 3.8) is 0 Å². The zero-order valence-electron chi connectivity index (χ0n) is 12.6. The third-order valence-corrected chi connectivity index (χ3v) is 4.76. The van der Waals surface area contributed by atoms with Gasteiger partial charge in [0.05, 0.1) is 0 Å². The normalized spacial score (nSPS) is 12.4. The van der Waals surface area contributed by atoms with Gasteiger partial charge in [0.2, 0.25) is 0 Å². The van der Waals surface area contributed by atoms with Crippen molar-refractivity contribution in [3.8, 4) is 0 Å². The Kier molecular flexibility index (Phi) is 5.83. The summed E-state index contributed by atoms with van der Waals surface area (Å²) in [5.41, 5.74) is 9.39. The summed E-state index contributed by atoms with van der Waals surface area (Å²) in [6, 6.07) is 13.8. The molecule has 0 aliphatic heterocycles. The van der Waals surface area contributed by atoms with Crippen molar-refractivity contribution in [1.82, 2.24) is 0 Å². The molecule has 2 rings (SSSR count). The van der Waals surface area contributed by atoms with Crippen molar-refractivity contribution in [2.45, 2.75) is 43.4 Å². The topological polar surface area (TPSA) is 26.0 Å². The number of hydrogen-bond acceptors (Lipinski definition) is 2. The Hall–Kier alpha value is -1.32. The lowest BCUT2D eigenvalue weighted by molar-refractivity contribution is 0.593. The first-order valence-corrected chi connectivity index (χ1v) is 8.30. The minimum absolute atomic E-state index is 0.106. The van der Waals surface area contributed by atoms with E-state index in [1.54, 1.807) is 17.8 Å². The van der Waals surface area contributed by atoms with Crippen LogP contribution in [0.1, 0.15) is 30.0 Å². The second-order valence-electron chi connectivity index (χ2n) is 5.35. The number of benzene rings is 2. The summed E-state index contributed by atoms with van der Waals surface area (Å²) in [6.45, 7) is 4.13. The van der Waals surface area contributed by atoms with Gasteiger partial charge in [0.25, 0.3) is 0 Å². The van der Waals surface area contributed by atoms with Gasteiger partial charge in [-0.1, -0.05) is 37.3 Å². The monoisotopic (exact) mass is 303 g/mol. The first kappa shape index (κ1) is 16.1. The summed E-state index contributed by atoms with van der Waals surface area (Å²) in [5, 5.41) is 0. The number of nitrogens with two attached hydrogens (primary N) is 1. The van der Waals surface area contributed by atoms with E-state index in [0.29, 0.717) is 4.90 Å². The maximum absolute atomic E-state index is 14.1. The van der Waals surface area contributed by atoms with Crippen LogP contribution in [0.5, 0.6) is 0 Å². The van der Waals surface area contributed by atoms with Crippen LogP contribution in [0.15, 0.2) is 47.4 Å². The molecule has 0 spiro atoms. The Morgan fingerprint density at radius 3 is 2.62 bits per heavy atom. The van der Waals surface area contributed by atoms with Crippen molar-refractivity contribution in [2.75, 3.05) is 0 Å². The van der Waals surface area contributed by atoms with Crippen molar-refractivity contribution in [1.29, 1.82) is 0 Å². The Morgan fingerprint density at radius 2 is 1.95 bits per heavy atom. The SMILES string of the molecule is CCC(N)Cc1ccc(SCc2ccccc2C)c(F)c1. The predicted molar refractivity (Wildman–Crippen MR) is 89.1 cm³/mol. The van der Waals surface area contributed by atoms with E-state index >= 15 is 0 Å². The van der Waals surface area contributed by atoms with Crippen molar-refractivity contribution >= 4 is 11.8 Å². The van der Waals surface area contributed by atoms with Gasteiger partial charge in [0.1, 0.15) is 5.82 Å². The molecule has 112 valence electrons. The minimum atomic E-state index is -0.144. The average Bonchev–Trinajstić information content (AvgIpc) is 2.48. The number of thioether (sulfide) groups is 1. The molecule has 0 aromatic heterocycles. The van der Waals surface area contributed by atoms with Crippen molar-refractivity contribution in [2.24, 2.45) is 5.73 Å². The van der Waals surface area contributed by atoms with E-state index in [-0.39, 0.29) is 11.9 Å². The van der Waals surface area contributed by atoms with E-state index < -0.39 is 0 Å². The van der Waals surface area contributed by atoms with Crippen LogP contribution in [-0.4, -0.2) is 6.04 Å². The van der Waals surface area contributed by atoms with Gasteiger partial charge in [-0.05, 0) is 48.6 Å². The van der Waals surface area contributed by atoms with Crippen LogP contribution in [0.3, 0.4) is 0 Å². The van der Waals surface area contributed by atoms with Crippen LogP contribution in [0.2, 0.25) is 0 Å². The summed E-state index contributed by atoms with van der Waals surface area (Å²) in [6.07, 6.45) is 1.64. The first-order chi connectivity index (χ1) is 10.1. The molecule has 1 nitrogen and oxygen atoms in total. The molecule has 2 aromatic carbocycles. The Morgan fingerprint density at radius 1 is 1.19 bits per heavy atom. The zero-order chi connectivity index (χ0) is 15.2. The molecule has 0 aliphatic rings. The van der Waals surface area contributed by atoms with E-state index in [4.69, 9.17) is 5.73 Å².